The van der Waals surface area contributed by atoms with Gasteiger partial charge in [-0.25, -0.2) is 15.0 Å². The van der Waals surface area contributed by atoms with Crippen LogP contribution >= 0.6 is 0 Å². The lowest BCUT2D eigenvalue weighted by Gasteiger charge is -2.29. The highest BCUT2D eigenvalue weighted by Gasteiger charge is 2.27. The number of aromatic nitrogens is 3. The van der Waals surface area contributed by atoms with Gasteiger partial charge in [-0.15, -0.1) is 0 Å². The zero-order valence-corrected chi connectivity index (χ0v) is 26.6. The molecule has 9 rings (SSSR count). The van der Waals surface area contributed by atoms with Crippen LogP contribution in [0.4, 0.5) is 17.1 Å². The molecule has 0 spiro atoms. The van der Waals surface area contributed by atoms with E-state index < -0.39 is 0 Å². The second-order valence-corrected chi connectivity index (χ2v) is 12.0. The maximum atomic E-state index is 5.11. The van der Waals surface area contributed by atoms with Gasteiger partial charge in [0.15, 0.2) is 17.5 Å². The Morgan fingerprint density at radius 2 is 0.531 bits per heavy atom. The van der Waals surface area contributed by atoms with Gasteiger partial charge in [0.1, 0.15) is 0 Å². The second-order valence-electron chi connectivity index (χ2n) is 12.0. The molecule has 4 nitrogen and oxygen atoms in total. The van der Waals surface area contributed by atoms with Crippen molar-refractivity contribution in [3.8, 4) is 67.5 Å². The van der Waals surface area contributed by atoms with Gasteiger partial charge in [0.05, 0.1) is 17.1 Å². The van der Waals surface area contributed by atoms with Gasteiger partial charge >= 0.3 is 0 Å². The van der Waals surface area contributed by atoms with Crippen LogP contribution in [0.25, 0.3) is 67.5 Å². The van der Waals surface area contributed by atoms with Crippen LogP contribution in [0.15, 0.2) is 182 Å². The highest BCUT2D eigenvalue weighted by molar-refractivity contribution is 6.04. The van der Waals surface area contributed by atoms with Crippen molar-refractivity contribution in [2.24, 2.45) is 0 Å². The van der Waals surface area contributed by atoms with Crippen LogP contribution in [0.1, 0.15) is 0 Å². The molecule has 7 aromatic carbocycles. The summed E-state index contributed by atoms with van der Waals surface area (Å²) in [5, 5.41) is 0. The quantitative estimate of drug-likeness (QED) is 0.191. The Hall–Kier alpha value is -6.65. The molecule has 0 radical (unpaired) electrons. The Balaban J connectivity index is 1.28. The molecule has 0 saturated heterocycles. The summed E-state index contributed by atoms with van der Waals surface area (Å²) in [6, 6.07) is 63.4. The van der Waals surface area contributed by atoms with Crippen LogP contribution in [0.5, 0.6) is 0 Å². The van der Waals surface area contributed by atoms with Crippen molar-refractivity contribution in [1.82, 2.24) is 15.0 Å². The lowest BCUT2D eigenvalue weighted by molar-refractivity contribution is 1.07. The third kappa shape index (κ3) is 5.07. The number of fused-ring (bicyclic) bond motifs is 5. The van der Waals surface area contributed by atoms with Crippen LogP contribution in [0.3, 0.4) is 0 Å². The smallest absolute Gasteiger partial charge is 0.164 e. The fourth-order valence-corrected chi connectivity index (χ4v) is 6.87. The van der Waals surface area contributed by atoms with Crippen LogP contribution in [-0.4, -0.2) is 15.0 Å². The minimum absolute atomic E-state index is 0.627. The number of anilines is 3. The number of para-hydroxylation sites is 3. The summed E-state index contributed by atoms with van der Waals surface area (Å²) in [6.45, 7) is 0. The van der Waals surface area contributed by atoms with Gasteiger partial charge in [0, 0.05) is 33.4 Å². The third-order valence-electron chi connectivity index (χ3n) is 9.10. The predicted octanol–water partition coefficient (Wildman–Crippen LogP) is 11.7. The first-order valence-electron chi connectivity index (χ1n) is 16.5. The molecule has 0 amide bonds. The van der Waals surface area contributed by atoms with Crippen molar-refractivity contribution in [3.63, 3.8) is 0 Å². The first-order valence-corrected chi connectivity index (χ1v) is 16.5. The molecule has 0 saturated carbocycles. The normalized spacial score (nSPS) is 11.6. The van der Waals surface area contributed by atoms with Crippen molar-refractivity contribution in [2.75, 3.05) is 4.90 Å². The number of nitrogens with zero attached hydrogens (tertiary/aromatic N) is 4. The molecule has 2 heterocycles. The van der Waals surface area contributed by atoms with Crippen molar-refractivity contribution in [2.45, 2.75) is 0 Å². The third-order valence-corrected chi connectivity index (χ3v) is 9.10. The summed E-state index contributed by atoms with van der Waals surface area (Å²) in [4.78, 5) is 17.6. The molecule has 0 fully saturated rings. The van der Waals surface area contributed by atoms with Crippen molar-refractivity contribution < 1.29 is 0 Å². The Labute approximate surface area is 285 Å². The lowest BCUT2D eigenvalue weighted by Crippen LogP contribution is -2.12. The topological polar surface area (TPSA) is 41.9 Å². The van der Waals surface area contributed by atoms with Gasteiger partial charge in [-0.05, 0) is 34.9 Å². The summed E-state index contributed by atoms with van der Waals surface area (Å²) in [5.74, 6) is 1.91. The zero-order chi connectivity index (χ0) is 32.6. The van der Waals surface area contributed by atoms with Gasteiger partial charge in [0.2, 0.25) is 0 Å². The average molecular weight is 627 g/mol. The Kier molecular flexibility index (Phi) is 7.10. The van der Waals surface area contributed by atoms with E-state index in [4.69, 9.17) is 15.0 Å². The molecule has 1 aliphatic heterocycles. The maximum absolute atomic E-state index is 5.11. The van der Waals surface area contributed by atoms with E-state index in [9.17, 15) is 0 Å². The van der Waals surface area contributed by atoms with Crippen LogP contribution < -0.4 is 4.90 Å². The van der Waals surface area contributed by atoms with E-state index in [0.717, 1.165) is 44.9 Å². The van der Waals surface area contributed by atoms with Gasteiger partial charge in [-0.2, -0.15) is 0 Å². The van der Waals surface area contributed by atoms with Crippen LogP contribution in [-0.2, 0) is 0 Å². The minimum Gasteiger partial charge on any atom is -0.309 e. The highest BCUT2D eigenvalue weighted by atomic mass is 15.2. The average Bonchev–Trinajstić information content (AvgIpc) is 3.31. The van der Waals surface area contributed by atoms with E-state index in [1.165, 1.54) is 22.3 Å². The number of hydrogen-bond donors (Lipinski definition) is 0. The van der Waals surface area contributed by atoms with Crippen molar-refractivity contribution >= 4 is 17.1 Å². The van der Waals surface area contributed by atoms with Gasteiger partial charge in [-0.3, -0.25) is 0 Å². The zero-order valence-electron chi connectivity index (χ0n) is 26.6. The fourth-order valence-electron chi connectivity index (χ4n) is 6.87. The number of benzene rings is 7. The largest absolute Gasteiger partial charge is 0.309 e. The molecule has 49 heavy (non-hydrogen) atoms. The Bertz CT molecular complexity index is 2330. The van der Waals surface area contributed by atoms with Gasteiger partial charge in [0.25, 0.3) is 0 Å². The van der Waals surface area contributed by atoms with E-state index >= 15 is 0 Å². The molecule has 0 N–H and O–H groups in total. The second kappa shape index (κ2) is 12.2. The molecule has 4 heteroatoms. The standard InChI is InChI=1S/C45H30N4/c1-3-17-31(18-4-1)43-46-44(32-19-5-2-6-20-32)48-45(47-43)39-27-10-9-23-35(39)38-26-13-16-30-42(38)49-40-28-14-11-24-36(40)33-21-7-8-22-34(33)37-25-12-15-29-41(37)49/h1-30H. The molecular weight excluding hydrogens is 597 g/mol. The molecule has 8 aromatic rings. The van der Waals surface area contributed by atoms with E-state index in [1.54, 1.807) is 0 Å². The molecule has 0 atom stereocenters. The van der Waals surface area contributed by atoms with E-state index in [0.29, 0.717) is 17.5 Å². The SMILES string of the molecule is c1ccc(-c2nc(-c3ccccc3)nc(-c3ccccc3-c3ccccc3N3c4ccccc4-c4ccccc4-c4ccccc43)n2)cc1. The molecule has 230 valence electrons. The van der Waals surface area contributed by atoms with Gasteiger partial charge < -0.3 is 4.90 Å². The number of hydrogen-bond acceptors (Lipinski definition) is 4. The molecule has 1 aromatic heterocycles. The molecular formula is C45H30N4. The van der Waals surface area contributed by atoms with Crippen molar-refractivity contribution in [3.05, 3.63) is 182 Å². The van der Waals surface area contributed by atoms with Gasteiger partial charge in [-0.1, -0.05) is 164 Å². The fraction of sp³-hybridized carbons (Fsp3) is 0. The highest BCUT2D eigenvalue weighted by Crippen LogP contribution is 2.52. The molecule has 0 bridgehead atoms. The van der Waals surface area contributed by atoms with E-state index in [2.05, 4.69) is 126 Å². The number of rotatable bonds is 5. The summed E-state index contributed by atoms with van der Waals surface area (Å²) in [6.07, 6.45) is 0. The molecule has 0 aliphatic carbocycles. The maximum Gasteiger partial charge on any atom is 0.164 e. The lowest BCUT2D eigenvalue weighted by atomic mass is 9.95. The Morgan fingerprint density at radius 1 is 0.245 bits per heavy atom. The predicted molar refractivity (Wildman–Crippen MR) is 201 cm³/mol. The van der Waals surface area contributed by atoms with Crippen molar-refractivity contribution in [1.29, 1.82) is 0 Å². The minimum atomic E-state index is 0.627. The summed E-state index contributed by atoms with van der Waals surface area (Å²) in [5.41, 5.74) is 13.1. The monoisotopic (exact) mass is 626 g/mol. The molecule has 1 aliphatic rings. The summed E-state index contributed by atoms with van der Waals surface area (Å²) < 4.78 is 0. The van der Waals surface area contributed by atoms with E-state index in [-0.39, 0.29) is 0 Å². The van der Waals surface area contributed by atoms with E-state index in [1.807, 2.05) is 60.7 Å². The first kappa shape index (κ1) is 28.6. The summed E-state index contributed by atoms with van der Waals surface area (Å²) in [7, 11) is 0. The van der Waals surface area contributed by atoms with Crippen LogP contribution in [0, 0.1) is 0 Å². The molecule has 0 unspecified atom stereocenters. The van der Waals surface area contributed by atoms with Crippen LogP contribution in [0.2, 0.25) is 0 Å². The Morgan fingerprint density at radius 3 is 0.939 bits per heavy atom. The first-order chi connectivity index (χ1) is 24.3. The summed E-state index contributed by atoms with van der Waals surface area (Å²) >= 11 is 0.